The molecule has 0 bridgehead atoms. The van der Waals surface area contributed by atoms with E-state index in [0.29, 0.717) is 24.5 Å². The van der Waals surface area contributed by atoms with Gasteiger partial charge in [0.15, 0.2) is 5.82 Å². The Morgan fingerprint density at radius 3 is 2.33 bits per heavy atom. The number of nitrogens with one attached hydrogen (secondary N) is 1. The Labute approximate surface area is 217 Å². The van der Waals surface area contributed by atoms with Gasteiger partial charge in [-0.05, 0) is 77.0 Å². The number of benzene rings is 1. The van der Waals surface area contributed by atoms with Crippen LogP contribution in [0.1, 0.15) is 37.5 Å². The SMILES string of the molecule is Cc1ncc(-c2nc(Nc3ccc(S(=O)(=O)N4CCCC4)cc3)ncc2F)n1C1CCN(C)CC1.Cl. The molecule has 194 valence electrons. The summed E-state index contributed by atoms with van der Waals surface area (Å²) in [7, 11) is -1.38. The zero-order valence-corrected chi connectivity index (χ0v) is 22.0. The summed E-state index contributed by atoms with van der Waals surface area (Å²) >= 11 is 0. The monoisotopic (exact) mass is 535 g/mol. The van der Waals surface area contributed by atoms with E-state index in [0.717, 1.165) is 50.8 Å². The lowest BCUT2D eigenvalue weighted by Gasteiger charge is -2.31. The van der Waals surface area contributed by atoms with E-state index in [1.54, 1.807) is 30.5 Å². The van der Waals surface area contributed by atoms with Crippen LogP contribution in [0.4, 0.5) is 16.0 Å². The van der Waals surface area contributed by atoms with E-state index in [1.165, 1.54) is 4.31 Å². The van der Waals surface area contributed by atoms with Gasteiger partial charge in [-0.2, -0.15) is 4.31 Å². The van der Waals surface area contributed by atoms with Crippen molar-refractivity contribution in [3.05, 3.63) is 48.3 Å². The van der Waals surface area contributed by atoms with Gasteiger partial charge >= 0.3 is 0 Å². The number of imidazole rings is 1. The van der Waals surface area contributed by atoms with Crippen molar-refractivity contribution in [3.63, 3.8) is 0 Å². The summed E-state index contributed by atoms with van der Waals surface area (Å²) < 4.78 is 44.0. The highest BCUT2D eigenvalue weighted by atomic mass is 35.5. The minimum Gasteiger partial charge on any atom is -0.324 e. The van der Waals surface area contributed by atoms with Crippen molar-refractivity contribution in [1.29, 1.82) is 0 Å². The Morgan fingerprint density at radius 2 is 1.67 bits per heavy atom. The van der Waals surface area contributed by atoms with E-state index in [2.05, 4.69) is 36.8 Å². The van der Waals surface area contributed by atoms with Crippen LogP contribution >= 0.6 is 12.4 Å². The van der Waals surface area contributed by atoms with Crippen molar-refractivity contribution in [1.82, 2.24) is 28.7 Å². The first-order valence-electron chi connectivity index (χ1n) is 12.0. The lowest BCUT2D eigenvalue weighted by molar-refractivity contribution is 0.220. The smallest absolute Gasteiger partial charge is 0.243 e. The van der Waals surface area contributed by atoms with Gasteiger partial charge in [0.1, 0.15) is 11.5 Å². The van der Waals surface area contributed by atoms with Crippen LogP contribution in [0, 0.1) is 12.7 Å². The predicted octanol–water partition coefficient (Wildman–Crippen LogP) is 4.00. The Bertz CT molecular complexity index is 1300. The van der Waals surface area contributed by atoms with Gasteiger partial charge in [-0.15, -0.1) is 12.4 Å². The predicted molar refractivity (Wildman–Crippen MR) is 139 cm³/mol. The minimum atomic E-state index is -3.48. The molecule has 5 rings (SSSR count). The first-order chi connectivity index (χ1) is 16.8. The Kier molecular flexibility index (Phi) is 7.93. The van der Waals surface area contributed by atoms with Crippen molar-refractivity contribution in [2.45, 2.75) is 43.5 Å². The summed E-state index contributed by atoms with van der Waals surface area (Å²) in [5.41, 5.74) is 1.44. The largest absolute Gasteiger partial charge is 0.324 e. The molecule has 36 heavy (non-hydrogen) atoms. The number of hydrogen-bond acceptors (Lipinski definition) is 7. The molecular formula is C24H31ClFN7O2S. The highest BCUT2D eigenvalue weighted by molar-refractivity contribution is 7.89. The van der Waals surface area contributed by atoms with Crippen LogP contribution in [0.15, 0.2) is 41.6 Å². The van der Waals surface area contributed by atoms with E-state index in [1.807, 2.05) is 6.92 Å². The molecule has 3 aromatic rings. The van der Waals surface area contributed by atoms with Gasteiger partial charge in [0.25, 0.3) is 0 Å². The highest BCUT2D eigenvalue weighted by Crippen LogP contribution is 2.31. The van der Waals surface area contributed by atoms with Crippen molar-refractivity contribution in [2.75, 3.05) is 38.5 Å². The van der Waals surface area contributed by atoms with Crippen LogP contribution < -0.4 is 5.32 Å². The summed E-state index contributed by atoms with van der Waals surface area (Å²) in [5.74, 6) is 0.541. The molecule has 4 heterocycles. The average molecular weight is 536 g/mol. The highest BCUT2D eigenvalue weighted by Gasteiger charge is 2.27. The standard InChI is InChI=1S/C24H30FN7O2S.ClH/c1-17-26-16-22(32(17)19-9-13-30(2)14-10-19)23-21(25)15-27-24(29-23)28-18-5-7-20(8-6-18)35(33,34)31-11-3-4-12-31;/h5-8,15-16,19H,3-4,9-14H2,1-2H3,(H,27,28,29);1H. The zero-order chi connectivity index (χ0) is 24.6. The number of sulfonamides is 1. The number of nitrogens with zero attached hydrogens (tertiary/aromatic N) is 6. The fourth-order valence-corrected chi connectivity index (χ4v) is 6.38. The van der Waals surface area contributed by atoms with Crippen molar-refractivity contribution >= 4 is 34.1 Å². The molecule has 0 unspecified atom stereocenters. The third-order valence-corrected chi connectivity index (χ3v) is 8.75. The van der Waals surface area contributed by atoms with Gasteiger partial charge in [-0.3, -0.25) is 0 Å². The molecule has 2 aliphatic heterocycles. The molecule has 1 aromatic carbocycles. The molecule has 2 aromatic heterocycles. The molecule has 0 radical (unpaired) electrons. The van der Waals surface area contributed by atoms with Gasteiger partial charge in [-0.1, -0.05) is 0 Å². The maximum Gasteiger partial charge on any atom is 0.243 e. The molecule has 1 N–H and O–H groups in total. The van der Waals surface area contributed by atoms with Crippen LogP contribution in [-0.4, -0.2) is 70.4 Å². The second-order valence-electron chi connectivity index (χ2n) is 9.25. The van der Waals surface area contributed by atoms with E-state index >= 15 is 0 Å². The first kappa shape index (κ1) is 26.5. The number of likely N-dealkylation sites (tertiary alicyclic amines) is 1. The molecule has 0 amide bonds. The molecular weight excluding hydrogens is 505 g/mol. The van der Waals surface area contributed by atoms with Crippen LogP contribution in [0.5, 0.6) is 0 Å². The van der Waals surface area contributed by atoms with Crippen molar-refractivity contribution < 1.29 is 12.8 Å². The fourth-order valence-electron chi connectivity index (χ4n) is 4.87. The van der Waals surface area contributed by atoms with Gasteiger partial charge in [0.2, 0.25) is 16.0 Å². The van der Waals surface area contributed by atoms with Crippen LogP contribution in [0.3, 0.4) is 0 Å². The van der Waals surface area contributed by atoms with Crippen molar-refractivity contribution in [2.24, 2.45) is 0 Å². The second kappa shape index (κ2) is 10.8. The normalized spacial score (nSPS) is 17.8. The molecule has 2 fully saturated rings. The number of halogens is 2. The number of aryl methyl sites for hydroxylation is 1. The van der Waals surface area contributed by atoms with E-state index in [4.69, 9.17) is 0 Å². The topological polar surface area (TPSA) is 96.2 Å². The Morgan fingerprint density at radius 1 is 1.00 bits per heavy atom. The van der Waals surface area contributed by atoms with Crippen LogP contribution in [0.25, 0.3) is 11.4 Å². The summed E-state index contributed by atoms with van der Waals surface area (Å²) in [6, 6.07) is 6.71. The summed E-state index contributed by atoms with van der Waals surface area (Å²) in [6.07, 6.45) is 6.52. The van der Waals surface area contributed by atoms with Crippen LogP contribution in [0.2, 0.25) is 0 Å². The quantitative estimate of drug-likeness (QED) is 0.509. The molecule has 12 heteroatoms. The number of hydrogen-bond donors (Lipinski definition) is 1. The molecule has 0 atom stereocenters. The van der Waals surface area contributed by atoms with E-state index < -0.39 is 15.8 Å². The fraction of sp³-hybridized carbons (Fsp3) is 0.458. The molecule has 0 saturated carbocycles. The average Bonchev–Trinajstić information content (AvgIpc) is 3.52. The summed E-state index contributed by atoms with van der Waals surface area (Å²) in [6.45, 7) is 5.00. The zero-order valence-electron chi connectivity index (χ0n) is 20.4. The molecule has 2 aliphatic rings. The summed E-state index contributed by atoms with van der Waals surface area (Å²) in [4.78, 5) is 15.5. The molecule has 0 spiro atoms. The van der Waals surface area contributed by atoms with Gasteiger partial charge in [-0.25, -0.2) is 27.8 Å². The minimum absolute atomic E-state index is 0. The first-order valence-corrected chi connectivity index (χ1v) is 13.4. The number of piperidine rings is 1. The van der Waals surface area contributed by atoms with Gasteiger partial charge in [0.05, 0.1) is 23.0 Å². The molecule has 9 nitrogen and oxygen atoms in total. The Hall–Kier alpha value is -2.60. The lowest BCUT2D eigenvalue weighted by Crippen LogP contribution is -2.32. The Balaban J connectivity index is 0.00000304. The summed E-state index contributed by atoms with van der Waals surface area (Å²) in [5, 5.41) is 3.07. The van der Waals surface area contributed by atoms with E-state index in [-0.39, 0.29) is 35.0 Å². The van der Waals surface area contributed by atoms with Gasteiger partial charge in [0, 0.05) is 24.8 Å². The third-order valence-electron chi connectivity index (χ3n) is 6.84. The van der Waals surface area contributed by atoms with Crippen LogP contribution in [-0.2, 0) is 10.0 Å². The van der Waals surface area contributed by atoms with E-state index in [9.17, 15) is 12.8 Å². The number of aromatic nitrogens is 4. The lowest BCUT2D eigenvalue weighted by atomic mass is 10.0. The molecule has 2 saturated heterocycles. The second-order valence-corrected chi connectivity index (χ2v) is 11.2. The number of anilines is 2. The third kappa shape index (κ3) is 5.24. The number of rotatable bonds is 6. The van der Waals surface area contributed by atoms with Gasteiger partial charge < -0.3 is 14.8 Å². The maximum atomic E-state index is 14.9. The molecule has 0 aliphatic carbocycles. The van der Waals surface area contributed by atoms with Crippen molar-refractivity contribution in [3.8, 4) is 11.4 Å². The maximum absolute atomic E-state index is 14.9.